The first-order chi connectivity index (χ1) is 10.0. The van der Waals surface area contributed by atoms with Crippen LogP contribution in [-0.4, -0.2) is 46.6 Å². The third-order valence-corrected chi connectivity index (χ3v) is 5.16. The maximum atomic E-state index is 12.6. The van der Waals surface area contributed by atoms with Crippen LogP contribution < -0.4 is 5.32 Å². The number of carboxylic acids is 1. The molecular weight excluding hydrogens is 268 g/mol. The van der Waals surface area contributed by atoms with E-state index in [-0.39, 0.29) is 24.5 Å². The van der Waals surface area contributed by atoms with E-state index in [4.69, 9.17) is 0 Å². The highest BCUT2D eigenvalue weighted by Gasteiger charge is 2.43. The van der Waals surface area contributed by atoms with Crippen LogP contribution in [0.15, 0.2) is 0 Å². The van der Waals surface area contributed by atoms with Gasteiger partial charge in [0.2, 0.25) is 5.91 Å². The van der Waals surface area contributed by atoms with E-state index in [1.165, 1.54) is 6.42 Å². The average Bonchev–Trinajstić information content (AvgIpc) is 2.50. The molecule has 1 saturated carbocycles. The molecule has 120 valence electrons. The van der Waals surface area contributed by atoms with E-state index < -0.39 is 12.0 Å². The highest BCUT2D eigenvalue weighted by Crippen LogP contribution is 2.37. The lowest BCUT2D eigenvalue weighted by atomic mass is 9.76. The summed E-state index contributed by atoms with van der Waals surface area (Å²) in [6, 6.07) is -0.209. The van der Waals surface area contributed by atoms with Crippen LogP contribution in [0.3, 0.4) is 0 Å². The van der Waals surface area contributed by atoms with Crippen molar-refractivity contribution >= 4 is 11.9 Å². The topological polar surface area (TPSA) is 69.6 Å². The Bertz CT molecular complexity index is 386. The Morgan fingerprint density at radius 2 is 1.95 bits per heavy atom. The zero-order valence-electron chi connectivity index (χ0n) is 13.2. The summed E-state index contributed by atoms with van der Waals surface area (Å²) in [5.41, 5.74) is 0. The van der Waals surface area contributed by atoms with E-state index in [9.17, 15) is 14.7 Å². The molecule has 0 aromatic heterocycles. The molecule has 1 aliphatic heterocycles. The molecule has 0 aromatic rings. The van der Waals surface area contributed by atoms with Gasteiger partial charge in [0, 0.05) is 12.1 Å². The molecule has 0 aromatic carbocycles. The number of piperidine rings is 1. The first-order valence-corrected chi connectivity index (χ1v) is 8.32. The van der Waals surface area contributed by atoms with Gasteiger partial charge in [-0.05, 0) is 44.9 Å². The quantitative estimate of drug-likeness (QED) is 0.814. The number of hydrogen-bond donors (Lipinski definition) is 2. The van der Waals surface area contributed by atoms with Crippen LogP contribution in [0.5, 0.6) is 0 Å². The molecule has 1 amide bonds. The Kier molecular flexibility index (Phi) is 5.62. The second-order valence-corrected chi connectivity index (χ2v) is 6.53. The molecule has 1 aliphatic carbocycles. The van der Waals surface area contributed by atoms with Crippen LogP contribution >= 0.6 is 0 Å². The molecule has 2 N–H and O–H groups in total. The van der Waals surface area contributed by atoms with Gasteiger partial charge in [-0.3, -0.25) is 4.79 Å². The minimum absolute atomic E-state index is 0.0423. The average molecular weight is 296 g/mol. The zero-order valence-corrected chi connectivity index (χ0v) is 13.2. The predicted octanol–water partition coefficient (Wildman–Crippen LogP) is 2.01. The second-order valence-electron chi connectivity index (χ2n) is 6.53. The Morgan fingerprint density at radius 1 is 1.24 bits per heavy atom. The van der Waals surface area contributed by atoms with Crippen molar-refractivity contribution in [2.24, 2.45) is 5.92 Å². The van der Waals surface area contributed by atoms with Crippen molar-refractivity contribution in [3.63, 3.8) is 0 Å². The molecule has 2 rings (SSSR count). The first kappa shape index (κ1) is 16.3. The van der Waals surface area contributed by atoms with Crippen LogP contribution in [0.2, 0.25) is 0 Å². The Balaban J connectivity index is 2.08. The smallest absolute Gasteiger partial charge is 0.326 e. The molecule has 2 fully saturated rings. The molecule has 4 atom stereocenters. The monoisotopic (exact) mass is 296 g/mol. The number of carbonyl (C=O) groups excluding carboxylic acids is 1. The number of carboxylic acid groups (broad SMARTS) is 1. The molecule has 2 aliphatic rings. The fraction of sp³-hybridized carbons (Fsp3) is 0.875. The van der Waals surface area contributed by atoms with Gasteiger partial charge in [0.05, 0.1) is 6.54 Å². The van der Waals surface area contributed by atoms with Crippen molar-refractivity contribution in [2.45, 2.75) is 76.9 Å². The summed E-state index contributed by atoms with van der Waals surface area (Å²) < 4.78 is 0. The van der Waals surface area contributed by atoms with Crippen LogP contribution in [-0.2, 0) is 9.59 Å². The lowest BCUT2D eigenvalue weighted by Crippen LogP contribution is -2.59. The molecule has 21 heavy (non-hydrogen) atoms. The number of hydrogen-bond acceptors (Lipinski definition) is 3. The predicted molar refractivity (Wildman–Crippen MR) is 81.0 cm³/mol. The van der Waals surface area contributed by atoms with Gasteiger partial charge in [-0.2, -0.15) is 0 Å². The van der Waals surface area contributed by atoms with Gasteiger partial charge >= 0.3 is 5.97 Å². The lowest BCUT2D eigenvalue weighted by molar-refractivity contribution is -0.157. The minimum Gasteiger partial charge on any atom is -0.480 e. The summed E-state index contributed by atoms with van der Waals surface area (Å²) in [7, 11) is 0. The van der Waals surface area contributed by atoms with E-state index in [1.807, 2.05) is 6.92 Å². The van der Waals surface area contributed by atoms with Gasteiger partial charge in [0.15, 0.2) is 0 Å². The van der Waals surface area contributed by atoms with Gasteiger partial charge in [-0.1, -0.05) is 19.8 Å². The number of nitrogens with zero attached hydrogens (tertiary/aromatic N) is 1. The Morgan fingerprint density at radius 3 is 2.62 bits per heavy atom. The summed E-state index contributed by atoms with van der Waals surface area (Å²) >= 11 is 0. The van der Waals surface area contributed by atoms with Gasteiger partial charge in [0.25, 0.3) is 0 Å². The van der Waals surface area contributed by atoms with Crippen LogP contribution in [0.1, 0.15) is 58.8 Å². The Labute approximate surface area is 127 Å². The lowest BCUT2D eigenvalue weighted by Gasteiger charge is -2.47. The molecule has 0 radical (unpaired) electrons. The summed E-state index contributed by atoms with van der Waals surface area (Å²) in [4.78, 5) is 25.8. The third-order valence-electron chi connectivity index (χ3n) is 5.16. The fourth-order valence-electron chi connectivity index (χ4n) is 3.73. The normalized spacial score (nSPS) is 30.6. The number of amides is 1. The van der Waals surface area contributed by atoms with Crippen molar-refractivity contribution in [1.29, 1.82) is 0 Å². The molecule has 0 bridgehead atoms. The van der Waals surface area contributed by atoms with Crippen LogP contribution in [0, 0.1) is 5.92 Å². The van der Waals surface area contributed by atoms with E-state index in [1.54, 1.807) is 4.90 Å². The molecule has 5 heteroatoms. The molecule has 4 unspecified atom stereocenters. The number of carbonyl (C=O) groups is 2. The van der Waals surface area contributed by atoms with Crippen molar-refractivity contribution in [1.82, 2.24) is 10.2 Å². The third kappa shape index (κ3) is 3.76. The van der Waals surface area contributed by atoms with Gasteiger partial charge in [-0.15, -0.1) is 0 Å². The van der Waals surface area contributed by atoms with Gasteiger partial charge in [-0.25, -0.2) is 4.79 Å². The number of likely N-dealkylation sites (tertiary alicyclic amines) is 1. The molecule has 1 heterocycles. The fourth-order valence-corrected chi connectivity index (χ4v) is 3.73. The van der Waals surface area contributed by atoms with Crippen molar-refractivity contribution in [3.05, 3.63) is 0 Å². The highest BCUT2D eigenvalue weighted by molar-refractivity contribution is 5.85. The summed E-state index contributed by atoms with van der Waals surface area (Å²) in [5.74, 6) is -0.392. The van der Waals surface area contributed by atoms with Crippen molar-refractivity contribution in [2.75, 3.05) is 6.54 Å². The van der Waals surface area contributed by atoms with Crippen LogP contribution in [0.25, 0.3) is 0 Å². The summed E-state index contributed by atoms with van der Waals surface area (Å²) in [6.07, 6.45) is 6.93. The molecule has 0 spiro atoms. The number of nitrogens with one attached hydrogen (secondary N) is 1. The number of aliphatic carboxylic acids is 1. The van der Waals surface area contributed by atoms with E-state index in [0.717, 1.165) is 32.1 Å². The largest absolute Gasteiger partial charge is 0.480 e. The van der Waals surface area contributed by atoms with Gasteiger partial charge < -0.3 is 15.3 Å². The van der Waals surface area contributed by atoms with Crippen LogP contribution in [0.4, 0.5) is 0 Å². The molecular formula is C16H28N2O3. The minimum atomic E-state index is -0.851. The molecule has 1 saturated heterocycles. The molecule has 5 nitrogen and oxygen atoms in total. The highest BCUT2D eigenvalue weighted by atomic mass is 16.4. The SMILES string of the molecule is CCC(C)NCC(=O)N1C(C(=O)O)CCC2CCCCC21. The Hall–Kier alpha value is -1.10. The van der Waals surface area contributed by atoms with Gasteiger partial charge in [0.1, 0.15) is 6.04 Å². The second kappa shape index (κ2) is 7.25. The zero-order chi connectivity index (χ0) is 15.4. The standard InChI is InChI=1S/C16H28N2O3/c1-3-11(2)17-10-15(19)18-13-7-5-4-6-12(13)8-9-14(18)16(20)21/h11-14,17H,3-10H2,1-2H3,(H,20,21). The van der Waals surface area contributed by atoms with Crippen molar-refractivity contribution < 1.29 is 14.7 Å². The van der Waals surface area contributed by atoms with Crippen molar-refractivity contribution in [3.8, 4) is 0 Å². The summed E-state index contributed by atoms with van der Waals surface area (Å²) in [6.45, 7) is 4.36. The number of fused-ring (bicyclic) bond motifs is 1. The maximum Gasteiger partial charge on any atom is 0.326 e. The van der Waals surface area contributed by atoms with E-state index in [0.29, 0.717) is 12.3 Å². The maximum absolute atomic E-state index is 12.6. The first-order valence-electron chi connectivity index (χ1n) is 8.32. The van der Waals surface area contributed by atoms with E-state index in [2.05, 4.69) is 12.2 Å². The number of rotatable bonds is 5. The van der Waals surface area contributed by atoms with E-state index >= 15 is 0 Å². The summed E-state index contributed by atoms with van der Waals surface area (Å²) in [5, 5.41) is 12.7.